The van der Waals surface area contributed by atoms with Crippen LogP contribution in [0.15, 0.2) is 34.2 Å². The van der Waals surface area contributed by atoms with E-state index in [2.05, 4.69) is 15.6 Å². The fraction of sp³-hybridized carbons (Fsp3) is 0.562. The Bertz CT molecular complexity index is 768. The second kappa shape index (κ2) is 8.87. The number of aliphatic imine (C=N–C) groups is 1. The van der Waals surface area contributed by atoms with E-state index in [-0.39, 0.29) is 35.7 Å². The molecule has 0 bridgehead atoms. The van der Waals surface area contributed by atoms with Crippen LogP contribution in [0, 0.1) is 5.82 Å². The lowest BCUT2D eigenvalue weighted by Gasteiger charge is -2.19. The van der Waals surface area contributed by atoms with Gasteiger partial charge in [-0.1, -0.05) is 12.1 Å². The van der Waals surface area contributed by atoms with Gasteiger partial charge >= 0.3 is 6.18 Å². The zero-order valence-electron chi connectivity index (χ0n) is 14.8. The van der Waals surface area contributed by atoms with Gasteiger partial charge in [-0.2, -0.15) is 13.2 Å². The number of halogens is 4. The monoisotopic (exact) mass is 410 g/mol. The minimum absolute atomic E-state index is 0.0185. The number of nitrogens with one attached hydrogen (secondary N) is 2. The molecule has 0 saturated carbocycles. The van der Waals surface area contributed by atoms with Crippen LogP contribution in [0.4, 0.5) is 17.6 Å². The highest BCUT2D eigenvalue weighted by molar-refractivity contribution is 7.91. The summed E-state index contributed by atoms with van der Waals surface area (Å²) in [5.74, 6) is -0.868. The molecular formula is C16H22F4N4O2S. The molecule has 1 aliphatic heterocycles. The smallest absolute Gasteiger partial charge is 0.355 e. The van der Waals surface area contributed by atoms with E-state index < -0.39 is 28.4 Å². The van der Waals surface area contributed by atoms with Crippen molar-refractivity contribution in [2.24, 2.45) is 4.99 Å². The predicted octanol–water partition coefficient (Wildman–Crippen LogP) is 1.40. The molecule has 1 unspecified atom stereocenters. The number of hydrogen-bond acceptors (Lipinski definition) is 4. The highest BCUT2D eigenvalue weighted by atomic mass is 32.2. The van der Waals surface area contributed by atoms with Gasteiger partial charge in [0, 0.05) is 32.7 Å². The molecule has 2 N–H and O–H groups in total. The van der Waals surface area contributed by atoms with Crippen LogP contribution in [0.1, 0.15) is 6.42 Å². The molecule has 1 atom stereocenters. The van der Waals surface area contributed by atoms with Gasteiger partial charge in [0.05, 0.1) is 12.3 Å². The van der Waals surface area contributed by atoms with Crippen molar-refractivity contribution in [1.82, 2.24) is 15.5 Å². The van der Waals surface area contributed by atoms with Gasteiger partial charge in [0.2, 0.25) is 0 Å². The van der Waals surface area contributed by atoms with Crippen molar-refractivity contribution in [3.05, 3.63) is 30.1 Å². The number of hydrogen-bond donors (Lipinski definition) is 2. The van der Waals surface area contributed by atoms with Crippen LogP contribution in [-0.4, -0.2) is 70.5 Å². The fourth-order valence-electron chi connectivity index (χ4n) is 2.85. The molecule has 1 aromatic rings. The van der Waals surface area contributed by atoms with Gasteiger partial charge in [-0.3, -0.25) is 9.89 Å². The number of alkyl halides is 3. The van der Waals surface area contributed by atoms with Crippen molar-refractivity contribution < 1.29 is 26.0 Å². The van der Waals surface area contributed by atoms with Crippen molar-refractivity contribution in [2.75, 3.05) is 39.0 Å². The summed E-state index contributed by atoms with van der Waals surface area (Å²) >= 11 is 0. The summed E-state index contributed by atoms with van der Waals surface area (Å²) in [4.78, 5) is 4.88. The standard InChI is InChI=1S/C16H22F4N4O2S/c1-21-15(23-12-6-8-24(10-12)11-16(18,19)20)22-7-9-27(25,26)14-5-3-2-4-13(14)17/h2-5,12H,6-11H2,1H3,(H2,21,22,23). The Morgan fingerprint density at radius 2 is 2.04 bits per heavy atom. The maximum absolute atomic E-state index is 13.6. The van der Waals surface area contributed by atoms with E-state index in [0.717, 1.165) is 6.07 Å². The number of sulfone groups is 1. The van der Waals surface area contributed by atoms with E-state index in [1.54, 1.807) is 0 Å². The van der Waals surface area contributed by atoms with Crippen molar-refractivity contribution in [1.29, 1.82) is 0 Å². The Kier molecular flexibility index (Phi) is 7.04. The van der Waals surface area contributed by atoms with Crippen LogP contribution in [-0.2, 0) is 9.84 Å². The molecule has 1 aromatic carbocycles. The van der Waals surface area contributed by atoms with Gasteiger partial charge in [0.1, 0.15) is 10.7 Å². The Hall–Kier alpha value is -1.88. The average Bonchev–Trinajstić information content (AvgIpc) is 2.99. The summed E-state index contributed by atoms with van der Waals surface area (Å²) in [7, 11) is -2.33. The highest BCUT2D eigenvalue weighted by Crippen LogP contribution is 2.20. The summed E-state index contributed by atoms with van der Waals surface area (Å²) in [6, 6.07) is 4.90. The number of rotatable bonds is 6. The Morgan fingerprint density at radius 3 is 2.67 bits per heavy atom. The van der Waals surface area contributed by atoms with E-state index in [1.807, 2.05) is 0 Å². The molecular weight excluding hydrogens is 388 g/mol. The third-order valence-corrected chi connectivity index (χ3v) is 5.82. The number of guanidine groups is 1. The third-order valence-electron chi connectivity index (χ3n) is 4.07. The molecule has 0 radical (unpaired) electrons. The van der Waals surface area contributed by atoms with Crippen molar-refractivity contribution in [2.45, 2.75) is 23.5 Å². The molecule has 0 amide bonds. The van der Waals surface area contributed by atoms with E-state index in [1.165, 1.54) is 30.1 Å². The lowest BCUT2D eigenvalue weighted by atomic mass is 10.3. The molecule has 0 spiro atoms. The van der Waals surface area contributed by atoms with Gasteiger partial charge in [0.15, 0.2) is 15.8 Å². The first-order chi connectivity index (χ1) is 12.6. The molecule has 2 rings (SSSR count). The van der Waals surface area contributed by atoms with Crippen LogP contribution < -0.4 is 10.6 Å². The molecule has 1 saturated heterocycles. The Morgan fingerprint density at radius 1 is 1.33 bits per heavy atom. The number of likely N-dealkylation sites (tertiary alicyclic amines) is 1. The lowest BCUT2D eigenvalue weighted by molar-refractivity contribution is -0.143. The lowest BCUT2D eigenvalue weighted by Crippen LogP contribution is -2.46. The SMILES string of the molecule is CN=C(NCCS(=O)(=O)c1ccccc1F)NC1CCN(CC(F)(F)F)C1. The first-order valence-corrected chi connectivity index (χ1v) is 9.99. The molecule has 11 heteroatoms. The van der Waals surface area contributed by atoms with Gasteiger partial charge in [0.25, 0.3) is 0 Å². The molecule has 152 valence electrons. The van der Waals surface area contributed by atoms with E-state index in [9.17, 15) is 26.0 Å². The van der Waals surface area contributed by atoms with Crippen LogP contribution >= 0.6 is 0 Å². The largest absolute Gasteiger partial charge is 0.401 e. The maximum Gasteiger partial charge on any atom is 0.401 e. The van der Waals surface area contributed by atoms with Gasteiger partial charge < -0.3 is 10.6 Å². The number of benzene rings is 1. The van der Waals surface area contributed by atoms with Gasteiger partial charge in [-0.05, 0) is 18.6 Å². The first kappa shape index (κ1) is 21.4. The normalized spacial score (nSPS) is 19.3. The molecule has 0 aromatic heterocycles. The van der Waals surface area contributed by atoms with Crippen molar-refractivity contribution in [3.63, 3.8) is 0 Å². The molecule has 1 aliphatic rings. The first-order valence-electron chi connectivity index (χ1n) is 8.34. The summed E-state index contributed by atoms with van der Waals surface area (Å²) < 4.78 is 75.3. The highest BCUT2D eigenvalue weighted by Gasteiger charge is 2.34. The summed E-state index contributed by atoms with van der Waals surface area (Å²) in [6.45, 7) is -0.447. The van der Waals surface area contributed by atoms with Gasteiger partial charge in [-0.15, -0.1) is 0 Å². The minimum Gasteiger partial charge on any atom is -0.355 e. The van der Waals surface area contributed by atoms with E-state index >= 15 is 0 Å². The molecule has 0 aliphatic carbocycles. The molecule has 6 nitrogen and oxygen atoms in total. The molecule has 1 fully saturated rings. The summed E-state index contributed by atoms with van der Waals surface area (Å²) in [5.41, 5.74) is 0. The Balaban J connectivity index is 1.82. The molecule has 1 heterocycles. The zero-order valence-corrected chi connectivity index (χ0v) is 15.6. The fourth-order valence-corrected chi connectivity index (χ4v) is 4.09. The topological polar surface area (TPSA) is 73.8 Å². The third kappa shape index (κ3) is 6.65. The second-order valence-electron chi connectivity index (χ2n) is 6.23. The van der Waals surface area contributed by atoms with Crippen LogP contribution in [0.2, 0.25) is 0 Å². The predicted molar refractivity (Wildman–Crippen MR) is 93.9 cm³/mol. The maximum atomic E-state index is 13.6. The van der Waals surface area contributed by atoms with Gasteiger partial charge in [-0.25, -0.2) is 12.8 Å². The van der Waals surface area contributed by atoms with Crippen LogP contribution in [0.25, 0.3) is 0 Å². The average molecular weight is 410 g/mol. The second-order valence-corrected chi connectivity index (χ2v) is 8.31. The minimum atomic E-state index is -4.24. The molecule has 27 heavy (non-hydrogen) atoms. The van der Waals surface area contributed by atoms with Crippen LogP contribution in [0.5, 0.6) is 0 Å². The zero-order chi connectivity index (χ0) is 20.1. The van der Waals surface area contributed by atoms with Crippen LogP contribution in [0.3, 0.4) is 0 Å². The van der Waals surface area contributed by atoms with E-state index in [0.29, 0.717) is 13.0 Å². The van der Waals surface area contributed by atoms with E-state index in [4.69, 9.17) is 0 Å². The van der Waals surface area contributed by atoms with Crippen molar-refractivity contribution in [3.8, 4) is 0 Å². The van der Waals surface area contributed by atoms with Crippen molar-refractivity contribution >= 4 is 15.8 Å². The summed E-state index contributed by atoms with van der Waals surface area (Å²) in [6.07, 6.45) is -3.72. The number of nitrogens with zero attached hydrogens (tertiary/aromatic N) is 2. The summed E-state index contributed by atoms with van der Waals surface area (Å²) in [5, 5.41) is 5.78. The Labute approximate surface area is 155 Å². The quantitative estimate of drug-likeness (QED) is 0.421.